The maximum Gasteiger partial charge on any atom is 0.257 e. The molecule has 2 aromatic rings. The molecule has 0 unspecified atom stereocenters. The molecule has 9 heteroatoms. The van der Waals surface area contributed by atoms with Crippen LogP contribution in [-0.4, -0.2) is 84.3 Å². The van der Waals surface area contributed by atoms with E-state index in [0.29, 0.717) is 13.0 Å². The van der Waals surface area contributed by atoms with E-state index >= 15 is 0 Å². The molecule has 4 rings (SSSR count). The summed E-state index contributed by atoms with van der Waals surface area (Å²) in [6, 6.07) is 11.2. The lowest BCUT2D eigenvalue weighted by molar-refractivity contribution is -0.134. The van der Waals surface area contributed by atoms with Crippen LogP contribution in [0.25, 0.3) is 0 Å². The highest BCUT2D eigenvalue weighted by Crippen LogP contribution is 2.33. The number of furan rings is 1. The molecule has 36 heavy (non-hydrogen) atoms. The van der Waals surface area contributed by atoms with Crippen molar-refractivity contribution in [2.75, 3.05) is 46.4 Å². The molecule has 1 saturated heterocycles. The van der Waals surface area contributed by atoms with E-state index in [1.54, 1.807) is 18.4 Å². The molecule has 0 radical (unpaired) electrons. The minimum atomic E-state index is -0.269. The maximum absolute atomic E-state index is 13.5. The lowest BCUT2D eigenvalue weighted by atomic mass is 10.0. The number of hydrogen-bond donors (Lipinski definition) is 1. The normalized spacial score (nSPS) is 19.6. The average Bonchev–Trinajstić information content (AvgIpc) is 3.46. The maximum atomic E-state index is 13.5. The number of carbonyl (C=O) groups excluding carboxylic acids is 2. The molecule has 2 amide bonds. The molecular weight excluding hydrogens is 458 g/mol. The van der Waals surface area contributed by atoms with Crippen molar-refractivity contribution in [1.29, 1.82) is 0 Å². The summed E-state index contributed by atoms with van der Waals surface area (Å²) in [5, 5.41) is 9.34. The first-order chi connectivity index (χ1) is 17.2. The predicted octanol–water partition coefficient (Wildman–Crippen LogP) is 2.89. The number of hydrazone groups is 1. The summed E-state index contributed by atoms with van der Waals surface area (Å²) >= 11 is 0. The van der Waals surface area contributed by atoms with Crippen LogP contribution in [0.5, 0.6) is 5.75 Å². The van der Waals surface area contributed by atoms with Crippen LogP contribution in [0.2, 0.25) is 0 Å². The van der Waals surface area contributed by atoms with E-state index < -0.39 is 0 Å². The zero-order valence-corrected chi connectivity index (χ0v) is 21.7. The van der Waals surface area contributed by atoms with E-state index in [0.717, 1.165) is 55.4 Å². The summed E-state index contributed by atoms with van der Waals surface area (Å²) in [5.74, 6) is 1.48. The molecule has 1 aromatic heterocycles. The van der Waals surface area contributed by atoms with Crippen LogP contribution in [-0.2, 0) is 9.59 Å². The Hall–Kier alpha value is -3.17. The van der Waals surface area contributed by atoms with Gasteiger partial charge in [-0.2, -0.15) is 5.10 Å². The Morgan fingerprint density at radius 3 is 2.36 bits per heavy atom. The summed E-state index contributed by atoms with van der Waals surface area (Å²) in [6.07, 6.45) is 3.11. The van der Waals surface area contributed by atoms with Gasteiger partial charge in [0.1, 0.15) is 17.6 Å². The quantitative estimate of drug-likeness (QED) is 0.635. The molecule has 0 spiro atoms. The topological polar surface area (TPSA) is 90.6 Å². The van der Waals surface area contributed by atoms with Crippen molar-refractivity contribution >= 4 is 17.5 Å². The van der Waals surface area contributed by atoms with E-state index in [1.165, 1.54) is 0 Å². The van der Waals surface area contributed by atoms with E-state index in [4.69, 9.17) is 14.3 Å². The highest BCUT2D eigenvalue weighted by Gasteiger charge is 2.35. The number of carbonyl (C=O) groups is 2. The predicted molar refractivity (Wildman–Crippen MR) is 138 cm³/mol. The minimum Gasteiger partial charge on any atom is -0.497 e. The SMILES string of the molecule is COc1ccc(C2=NN(C(=O)CN3CCCN(CC(=O)NC(C)(C)C)CC3)[C@H](c3ccco3)C2)cc1. The van der Waals surface area contributed by atoms with Crippen LogP contribution in [0.3, 0.4) is 0 Å². The number of nitrogens with one attached hydrogen (secondary N) is 1. The molecule has 0 saturated carbocycles. The Morgan fingerprint density at radius 2 is 1.75 bits per heavy atom. The number of rotatable bonds is 7. The molecule has 2 aliphatic heterocycles. The van der Waals surface area contributed by atoms with Crippen LogP contribution in [0, 0.1) is 0 Å². The van der Waals surface area contributed by atoms with Gasteiger partial charge in [0, 0.05) is 25.0 Å². The van der Waals surface area contributed by atoms with E-state index in [-0.39, 0.29) is 29.9 Å². The number of methoxy groups -OCH3 is 1. The van der Waals surface area contributed by atoms with Gasteiger partial charge in [-0.1, -0.05) is 0 Å². The van der Waals surface area contributed by atoms with Crippen LogP contribution in [0.4, 0.5) is 0 Å². The van der Waals surface area contributed by atoms with E-state index in [9.17, 15) is 9.59 Å². The van der Waals surface area contributed by atoms with E-state index in [2.05, 4.69) is 15.1 Å². The van der Waals surface area contributed by atoms with Gasteiger partial charge >= 0.3 is 0 Å². The van der Waals surface area contributed by atoms with Gasteiger partial charge in [0.05, 0.1) is 32.2 Å². The smallest absolute Gasteiger partial charge is 0.257 e. The second kappa shape index (κ2) is 11.3. The number of amides is 2. The fourth-order valence-corrected chi connectivity index (χ4v) is 4.67. The Bertz CT molecular complexity index is 1060. The number of hydrogen-bond acceptors (Lipinski definition) is 7. The zero-order valence-electron chi connectivity index (χ0n) is 21.7. The van der Waals surface area contributed by atoms with Gasteiger partial charge in [-0.3, -0.25) is 19.4 Å². The molecule has 0 aliphatic carbocycles. The molecule has 0 bridgehead atoms. The highest BCUT2D eigenvalue weighted by atomic mass is 16.5. The third kappa shape index (κ3) is 6.73. The molecule has 1 N–H and O–H groups in total. The monoisotopic (exact) mass is 495 g/mol. The third-order valence-electron chi connectivity index (χ3n) is 6.38. The van der Waals surface area contributed by atoms with Gasteiger partial charge in [-0.05, 0) is 82.2 Å². The first kappa shape index (κ1) is 25.9. The molecule has 9 nitrogen and oxygen atoms in total. The average molecular weight is 496 g/mol. The molecule has 3 heterocycles. The van der Waals surface area contributed by atoms with Crippen LogP contribution in [0.15, 0.2) is 52.2 Å². The fourth-order valence-electron chi connectivity index (χ4n) is 4.67. The summed E-state index contributed by atoms with van der Waals surface area (Å²) < 4.78 is 10.9. The van der Waals surface area contributed by atoms with Gasteiger partial charge in [0.15, 0.2) is 0 Å². The summed E-state index contributed by atoms with van der Waals surface area (Å²) in [4.78, 5) is 30.1. The number of ether oxygens (including phenoxy) is 1. The zero-order chi connectivity index (χ0) is 25.7. The van der Waals surface area contributed by atoms with Crippen molar-refractivity contribution in [3.63, 3.8) is 0 Å². The molecule has 194 valence electrons. The van der Waals surface area contributed by atoms with Gasteiger partial charge < -0.3 is 14.5 Å². The van der Waals surface area contributed by atoms with Crippen LogP contribution < -0.4 is 10.1 Å². The Morgan fingerprint density at radius 1 is 1.06 bits per heavy atom. The van der Waals surface area contributed by atoms with Crippen LogP contribution in [0.1, 0.15) is 51.0 Å². The van der Waals surface area contributed by atoms with Crippen molar-refractivity contribution in [2.45, 2.75) is 45.2 Å². The Balaban J connectivity index is 1.40. The molecule has 2 aliphatic rings. The van der Waals surface area contributed by atoms with Gasteiger partial charge in [0.25, 0.3) is 5.91 Å². The summed E-state index contributed by atoms with van der Waals surface area (Å²) in [7, 11) is 1.64. The van der Waals surface area contributed by atoms with Gasteiger partial charge in [0.2, 0.25) is 5.91 Å². The standard InChI is InChI=1S/C27H37N5O4/c1-27(2,3)28-25(33)18-30-12-6-13-31(15-14-30)19-26(34)32-23(24-7-5-16-36-24)17-22(29-32)20-8-10-21(35-4)11-9-20/h5,7-11,16,23H,6,12-15,17-19H2,1-4H3,(H,28,33)/t23-/m0/s1. The lowest BCUT2D eigenvalue weighted by Gasteiger charge is -2.26. The Labute approximate surface area is 213 Å². The second-order valence-electron chi connectivity index (χ2n) is 10.5. The number of nitrogens with zero attached hydrogens (tertiary/aromatic N) is 4. The van der Waals surface area contributed by atoms with Crippen molar-refractivity contribution in [2.24, 2.45) is 5.10 Å². The van der Waals surface area contributed by atoms with Gasteiger partial charge in [-0.25, -0.2) is 5.01 Å². The first-order valence-corrected chi connectivity index (χ1v) is 12.5. The molecular formula is C27H37N5O4. The third-order valence-corrected chi connectivity index (χ3v) is 6.38. The van der Waals surface area contributed by atoms with Crippen molar-refractivity contribution in [3.05, 3.63) is 54.0 Å². The lowest BCUT2D eigenvalue weighted by Crippen LogP contribution is -2.46. The van der Waals surface area contributed by atoms with Crippen molar-refractivity contribution < 1.29 is 18.7 Å². The fraction of sp³-hybridized carbons (Fsp3) is 0.519. The largest absolute Gasteiger partial charge is 0.497 e. The summed E-state index contributed by atoms with van der Waals surface area (Å²) in [5.41, 5.74) is 1.56. The van der Waals surface area contributed by atoms with Crippen molar-refractivity contribution in [3.8, 4) is 5.75 Å². The molecule has 1 atom stereocenters. The first-order valence-electron chi connectivity index (χ1n) is 12.5. The summed E-state index contributed by atoms with van der Waals surface area (Å²) in [6.45, 7) is 9.71. The van der Waals surface area contributed by atoms with Crippen LogP contribution >= 0.6 is 0 Å². The van der Waals surface area contributed by atoms with Crippen molar-refractivity contribution in [1.82, 2.24) is 20.1 Å². The molecule has 1 fully saturated rings. The highest BCUT2D eigenvalue weighted by molar-refractivity contribution is 6.03. The second-order valence-corrected chi connectivity index (χ2v) is 10.5. The van der Waals surface area contributed by atoms with E-state index in [1.807, 2.05) is 57.2 Å². The Kier molecular flexibility index (Phi) is 8.11. The minimum absolute atomic E-state index is 0.0331. The molecule has 1 aromatic carbocycles. The van der Waals surface area contributed by atoms with Gasteiger partial charge in [-0.15, -0.1) is 0 Å². The number of benzene rings is 1.